The van der Waals surface area contributed by atoms with E-state index in [0.717, 1.165) is 12.1 Å². The second-order valence-electron chi connectivity index (χ2n) is 4.72. The number of aromatic nitrogens is 4. The first-order valence-electron chi connectivity index (χ1n) is 6.56. The maximum Gasteiger partial charge on any atom is 0.273 e. The Hall–Kier alpha value is -2.02. The van der Waals surface area contributed by atoms with Crippen molar-refractivity contribution in [1.29, 1.82) is 0 Å². The maximum absolute atomic E-state index is 12.2. The van der Waals surface area contributed by atoms with E-state index in [-0.39, 0.29) is 17.6 Å². The smallest absolute Gasteiger partial charge is 0.273 e. The Labute approximate surface area is 117 Å². The van der Waals surface area contributed by atoms with Crippen molar-refractivity contribution >= 4 is 11.6 Å². The highest BCUT2D eigenvalue weighted by Gasteiger charge is 2.18. The summed E-state index contributed by atoms with van der Waals surface area (Å²) in [5.74, 6) is -0.256. The zero-order valence-corrected chi connectivity index (χ0v) is 12.2. The quantitative estimate of drug-likeness (QED) is 0.878. The van der Waals surface area contributed by atoms with Gasteiger partial charge in [0, 0.05) is 13.2 Å². The first-order chi connectivity index (χ1) is 9.56. The fraction of sp³-hybridized carbons (Fsp3) is 0.538. The number of hydrogen-bond acceptors (Lipinski definition) is 5. The number of carbonyl (C=O) groups excluding carboxylic acids is 1. The summed E-state index contributed by atoms with van der Waals surface area (Å²) in [6.45, 7) is 6.14. The molecule has 0 fully saturated rings. The normalized spacial score (nSPS) is 12.6. The Balaban J connectivity index is 2.27. The van der Waals surface area contributed by atoms with Crippen molar-refractivity contribution in [2.24, 2.45) is 0 Å². The molecule has 0 spiro atoms. The van der Waals surface area contributed by atoms with Gasteiger partial charge in [0.2, 0.25) is 0 Å². The Kier molecular flexibility index (Phi) is 4.29. The van der Waals surface area contributed by atoms with E-state index in [1.165, 1.54) is 0 Å². The van der Waals surface area contributed by atoms with Gasteiger partial charge >= 0.3 is 0 Å². The van der Waals surface area contributed by atoms with Gasteiger partial charge in [0.15, 0.2) is 11.3 Å². The lowest BCUT2D eigenvalue weighted by Gasteiger charge is -2.16. The molecule has 0 aliphatic heterocycles. The van der Waals surface area contributed by atoms with E-state index in [2.05, 4.69) is 20.6 Å². The number of amides is 1. The molecule has 1 unspecified atom stereocenters. The molecule has 0 aromatic carbocycles. The van der Waals surface area contributed by atoms with E-state index in [1.54, 1.807) is 18.5 Å². The van der Waals surface area contributed by atoms with Crippen LogP contribution in [0.4, 0.5) is 0 Å². The van der Waals surface area contributed by atoms with E-state index < -0.39 is 0 Å². The molecule has 20 heavy (non-hydrogen) atoms. The van der Waals surface area contributed by atoms with Crippen molar-refractivity contribution in [2.75, 3.05) is 13.7 Å². The minimum Gasteiger partial charge on any atom is -0.383 e. The standard InChI is InChI=1S/C13H19N5O2/c1-5-10(7-20-4)14-13(19)12-9(3)18-11(15-16-12)6-8(2)17-18/h6,10H,5,7H2,1-4H3,(H,14,19). The van der Waals surface area contributed by atoms with Crippen LogP contribution in [0.25, 0.3) is 5.65 Å². The highest BCUT2D eigenvalue weighted by molar-refractivity contribution is 5.93. The first kappa shape index (κ1) is 14.4. The summed E-state index contributed by atoms with van der Waals surface area (Å²) in [4.78, 5) is 12.2. The van der Waals surface area contributed by atoms with Crippen LogP contribution in [0.1, 0.15) is 35.2 Å². The second kappa shape index (κ2) is 5.96. The summed E-state index contributed by atoms with van der Waals surface area (Å²) in [5, 5.41) is 15.2. The molecule has 0 saturated heterocycles. The highest BCUT2D eigenvalue weighted by Crippen LogP contribution is 2.09. The Morgan fingerprint density at radius 3 is 2.85 bits per heavy atom. The molecule has 1 N–H and O–H groups in total. The molecule has 2 rings (SSSR count). The van der Waals surface area contributed by atoms with Crippen molar-refractivity contribution in [3.8, 4) is 0 Å². The monoisotopic (exact) mass is 277 g/mol. The van der Waals surface area contributed by atoms with Gasteiger partial charge in [-0.2, -0.15) is 5.10 Å². The molecular weight excluding hydrogens is 258 g/mol. The molecule has 0 saturated carbocycles. The second-order valence-corrected chi connectivity index (χ2v) is 4.72. The number of carbonyl (C=O) groups is 1. The number of hydrogen-bond donors (Lipinski definition) is 1. The van der Waals surface area contributed by atoms with Gasteiger partial charge in [0.05, 0.1) is 24.0 Å². The van der Waals surface area contributed by atoms with Gasteiger partial charge in [-0.05, 0) is 20.3 Å². The number of methoxy groups -OCH3 is 1. The predicted octanol–water partition coefficient (Wildman–Crippen LogP) is 0.896. The minimum absolute atomic E-state index is 0.0382. The van der Waals surface area contributed by atoms with E-state index in [9.17, 15) is 4.79 Å². The number of aryl methyl sites for hydroxylation is 2. The molecule has 0 aliphatic carbocycles. The number of rotatable bonds is 5. The third-order valence-electron chi connectivity index (χ3n) is 3.14. The number of nitrogens with zero attached hydrogens (tertiary/aromatic N) is 4. The summed E-state index contributed by atoms with van der Waals surface area (Å²) in [7, 11) is 1.61. The lowest BCUT2D eigenvalue weighted by molar-refractivity contribution is 0.0887. The molecule has 7 nitrogen and oxygen atoms in total. The molecular formula is C13H19N5O2. The molecule has 0 bridgehead atoms. The van der Waals surface area contributed by atoms with E-state index in [1.807, 2.05) is 19.9 Å². The number of ether oxygens (including phenoxy) is 1. The van der Waals surface area contributed by atoms with E-state index >= 15 is 0 Å². The average molecular weight is 277 g/mol. The van der Waals surface area contributed by atoms with Crippen LogP contribution in [-0.4, -0.2) is 45.5 Å². The van der Waals surface area contributed by atoms with Crippen LogP contribution in [0.3, 0.4) is 0 Å². The lowest BCUT2D eigenvalue weighted by Crippen LogP contribution is -2.38. The molecule has 2 aromatic heterocycles. The van der Waals surface area contributed by atoms with Gasteiger partial charge in [0.1, 0.15) is 0 Å². The summed E-state index contributed by atoms with van der Waals surface area (Å²) >= 11 is 0. The molecule has 0 radical (unpaired) electrons. The largest absolute Gasteiger partial charge is 0.383 e. The van der Waals surface area contributed by atoms with Crippen molar-refractivity contribution in [1.82, 2.24) is 25.1 Å². The topological polar surface area (TPSA) is 81.4 Å². The van der Waals surface area contributed by atoms with Crippen molar-refractivity contribution in [3.63, 3.8) is 0 Å². The van der Waals surface area contributed by atoms with Crippen LogP contribution in [0.5, 0.6) is 0 Å². The molecule has 2 aromatic rings. The van der Waals surface area contributed by atoms with Gasteiger partial charge in [-0.1, -0.05) is 6.92 Å². The zero-order valence-electron chi connectivity index (χ0n) is 12.2. The van der Waals surface area contributed by atoms with E-state index in [4.69, 9.17) is 4.74 Å². The van der Waals surface area contributed by atoms with E-state index in [0.29, 0.717) is 17.9 Å². The maximum atomic E-state index is 12.2. The van der Waals surface area contributed by atoms with Gasteiger partial charge in [-0.25, -0.2) is 4.52 Å². The predicted molar refractivity (Wildman–Crippen MR) is 73.7 cm³/mol. The van der Waals surface area contributed by atoms with Gasteiger partial charge in [-0.15, -0.1) is 10.2 Å². The molecule has 0 aliphatic rings. The minimum atomic E-state index is -0.256. The molecule has 108 valence electrons. The zero-order chi connectivity index (χ0) is 14.7. The molecule has 1 amide bonds. The van der Waals surface area contributed by atoms with Crippen molar-refractivity contribution in [2.45, 2.75) is 33.2 Å². The fourth-order valence-corrected chi connectivity index (χ4v) is 2.00. The SMILES string of the molecule is CCC(COC)NC(=O)c1nnc2cc(C)nn2c1C. The molecule has 1 atom stereocenters. The average Bonchev–Trinajstić information content (AvgIpc) is 2.80. The summed E-state index contributed by atoms with van der Waals surface area (Å²) in [6, 6.07) is 1.78. The highest BCUT2D eigenvalue weighted by atomic mass is 16.5. The van der Waals surface area contributed by atoms with Gasteiger partial charge < -0.3 is 10.1 Å². The number of fused-ring (bicyclic) bond motifs is 1. The summed E-state index contributed by atoms with van der Waals surface area (Å²) in [5.41, 5.74) is 2.44. The lowest BCUT2D eigenvalue weighted by atomic mass is 10.2. The van der Waals surface area contributed by atoms with Crippen molar-refractivity contribution < 1.29 is 9.53 Å². The van der Waals surface area contributed by atoms with Crippen molar-refractivity contribution in [3.05, 3.63) is 23.1 Å². The van der Waals surface area contributed by atoms with Crippen LogP contribution >= 0.6 is 0 Å². The Bertz CT molecular complexity index is 622. The van der Waals surface area contributed by atoms with Crippen LogP contribution < -0.4 is 5.32 Å². The third-order valence-corrected chi connectivity index (χ3v) is 3.14. The first-order valence-corrected chi connectivity index (χ1v) is 6.56. The summed E-state index contributed by atoms with van der Waals surface area (Å²) in [6.07, 6.45) is 0.787. The van der Waals surface area contributed by atoms with Gasteiger partial charge in [-0.3, -0.25) is 4.79 Å². The molecule has 2 heterocycles. The Morgan fingerprint density at radius 2 is 2.20 bits per heavy atom. The fourth-order valence-electron chi connectivity index (χ4n) is 2.00. The van der Waals surface area contributed by atoms with Crippen LogP contribution in [0.15, 0.2) is 6.07 Å². The van der Waals surface area contributed by atoms with Crippen LogP contribution in [-0.2, 0) is 4.74 Å². The molecule has 7 heteroatoms. The third kappa shape index (κ3) is 2.77. The summed E-state index contributed by atoms with van der Waals surface area (Å²) < 4.78 is 6.70. The van der Waals surface area contributed by atoms with Gasteiger partial charge in [0.25, 0.3) is 5.91 Å². The number of nitrogens with one attached hydrogen (secondary N) is 1. The van der Waals surface area contributed by atoms with Crippen LogP contribution in [0, 0.1) is 13.8 Å². The Morgan fingerprint density at radius 1 is 1.45 bits per heavy atom. The van der Waals surface area contributed by atoms with Crippen LogP contribution in [0.2, 0.25) is 0 Å².